The van der Waals surface area contributed by atoms with Crippen LogP contribution in [0.1, 0.15) is 31.0 Å². The van der Waals surface area contributed by atoms with Gasteiger partial charge in [-0.3, -0.25) is 0 Å². The van der Waals surface area contributed by atoms with E-state index in [9.17, 15) is 0 Å². The molecule has 0 aliphatic heterocycles. The van der Waals surface area contributed by atoms with E-state index >= 15 is 0 Å². The zero-order valence-corrected chi connectivity index (χ0v) is 17.0. The molecule has 2 aromatic rings. The quantitative estimate of drug-likeness (QED) is 0.627. The third kappa shape index (κ3) is 4.86. The van der Waals surface area contributed by atoms with Gasteiger partial charge >= 0.3 is 0 Å². The Morgan fingerprint density at radius 1 is 1.12 bits per heavy atom. The van der Waals surface area contributed by atoms with Crippen LogP contribution in [0.3, 0.4) is 0 Å². The first-order valence-electron chi connectivity index (χ1n) is 8.28. The van der Waals surface area contributed by atoms with Gasteiger partial charge in [0.1, 0.15) is 8.07 Å². The van der Waals surface area contributed by atoms with Crippen LogP contribution in [0.15, 0.2) is 12.3 Å². The van der Waals surface area contributed by atoms with Crippen molar-refractivity contribution in [1.82, 2.24) is 15.0 Å². The second-order valence-corrected chi connectivity index (χ2v) is 11.9. The Balaban J connectivity index is 2.56. The predicted molar refractivity (Wildman–Crippen MR) is 106 cm³/mol. The molecule has 0 fully saturated rings. The highest BCUT2D eigenvalue weighted by atomic mass is 28.3. The van der Waals surface area contributed by atoms with Crippen molar-refractivity contribution < 1.29 is 9.47 Å². The monoisotopic (exact) mass is 371 g/mol. The summed E-state index contributed by atoms with van der Waals surface area (Å²) < 4.78 is 11.4. The van der Waals surface area contributed by atoms with Crippen LogP contribution in [-0.2, 0) is 0 Å². The van der Waals surface area contributed by atoms with E-state index in [1.54, 1.807) is 7.11 Å². The molecule has 4 N–H and O–H groups in total. The molecule has 0 aliphatic carbocycles. The predicted octanol–water partition coefficient (Wildman–Crippen LogP) is 3.19. The first-order chi connectivity index (χ1) is 12.1. The molecule has 0 unspecified atom stereocenters. The highest BCUT2D eigenvalue weighted by Crippen LogP contribution is 2.34. The van der Waals surface area contributed by atoms with Crippen molar-refractivity contribution >= 4 is 19.8 Å². The molecule has 0 saturated heterocycles. The lowest BCUT2D eigenvalue weighted by molar-refractivity contribution is 0.389. The van der Waals surface area contributed by atoms with Gasteiger partial charge in [-0.25, -0.2) is 9.97 Å². The Bertz CT molecular complexity index is 866. The molecule has 0 aromatic carbocycles. The van der Waals surface area contributed by atoms with Crippen LogP contribution in [0, 0.1) is 11.5 Å². The van der Waals surface area contributed by atoms with Crippen LogP contribution in [0.25, 0.3) is 0 Å². The van der Waals surface area contributed by atoms with Crippen LogP contribution in [0.5, 0.6) is 17.4 Å². The topological polar surface area (TPSA) is 109 Å². The highest BCUT2D eigenvalue weighted by molar-refractivity contribution is 6.83. The molecule has 7 nitrogen and oxygen atoms in total. The number of aromatic nitrogens is 3. The number of hydrogen-bond donors (Lipinski definition) is 2. The summed E-state index contributed by atoms with van der Waals surface area (Å²) in [6, 6.07) is 1.82. The zero-order chi connectivity index (χ0) is 19.5. The fraction of sp³-hybridized carbons (Fsp3) is 0.389. The number of pyridine rings is 1. The third-order valence-electron chi connectivity index (χ3n) is 3.31. The molecule has 0 bridgehead atoms. The van der Waals surface area contributed by atoms with Gasteiger partial charge in [0.2, 0.25) is 11.8 Å². The molecule has 138 valence electrons. The summed E-state index contributed by atoms with van der Waals surface area (Å²) in [5.41, 5.74) is 16.1. The number of hydrogen-bond acceptors (Lipinski definition) is 7. The van der Waals surface area contributed by atoms with Crippen LogP contribution in [0.2, 0.25) is 19.6 Å². The van der Waals surface area contributed by atoms with E-state index in [1.807, 2.05) is 19.9 Å². The molecule has 26 heavy (non-hydrogen) atoms. The first kappa shape index (κ1) is 19.5. The van der Waals surface area contributed by atoms with Crippen molar-refractivity contribution in [1.29, 1.82) is 0 Å². The second-order valence-electron chi connectivity index (χ2n) is 7.16. The third-order valence-corrected chi connectivity index (χ3v) is 4.19. The van der Waals surface area contributed by atoms with Crippen molar-refractivity contribution in [3.8, 4) is 28.8 Å². The van der Waals surface area contributed by atoms with E-state index in [4.69, 9.17) is 20.9 Å². The summed E-state index contributed by atoms with van der Waals surface area (Å²) in [7, 11) is 0.0248. The maximum atomic E-state index is 5.95. The van der Waals surface area contributed by atoms with Crippen molar-refractivity contribution in [2.45, 2.75) is 39.4 Å². The summed E-state index contributed by atoms with van der Waals surface area (Å²) in [6.07, 6.45) is 1.44. The minimum Gasteiger partial charge on any atom is -0.480 e. The zero-order valence-electron chi connectivity index (χ0n) is 16.0. The van der Waals surface area contributed by atoms with E-state index in [0.717, 1.165) is 5.69 Å². The lowest BCUT2D eigenvalue weighted by Gasteiger charge is -2.16. The highest BCUT2D eigenvalue weighted by Gasteiger charge is 2.18. The van der Waals surface area contributed by atoms with Crippen LogP contribution in [0.4, 0.5) is 11.8 Å². The van der Waals surface area contributed by atoms with Crippen LogP contribution in [-0.4, -0.2) is 30.1 Å². The van der Waals surface area contributed by atoms with Crippen molar-refractivity contribution in [3.63, 3.8) is 0 Å². The van der Waals surface area contributed by atoms with Gasteiger partial charge in [-0.2, -0.15) is 4.98 Å². The Morgan fingerprint density at radius 3 is 2.35 bits per heavy atom. The molecule has 0 radical (unpaired) electrons. The molecule has 0 amide bonds. The molecule has 2 rings (SSSR count). The number of methoxy groups -OCH3 is 1. The van der Waals surface area contributed by atoms with E-state index < -0.39 is 8.07 Å². The Hall–Kier alpha value is -2.79. The minimum atomic E-state index is -1.56. The summed E-state index contributed by atoms with van der Waals surface area (Å²) in [5.74, 6) is 4.88. The largest absolute Gasteiger partial charge is 0.480 e. The van der Waals surface area contributed by atoms with Crippen molar-refractivity contribution in [2.24, 2.45) is 0 Å². The molecule has 0 spiro atoms. The molecule has 0 saturated carbocycles. The van der Waals surface area contributed by atoms with Crippen molar-refractivity contribution in [3.05, 3.63) is 23.5 Å². The Kier molecular flexibility index (Phi) is 5.72. The van der Waals surface area contributed by atoms with E-state index in [2.05, 4.69) is 46.1 Å². The maximum Gasteiger partial charge on any atom is 0.229 e. The molecule has 2 heterocycles. The lowest BCUT2D eigenvalue weighted by atomic mass is 10.1. The van der Waals surface area contributed by atoms with Gasteiger partial charge < -0.3 is 20.9 Å². The summed E-state index contributed by atoms with van der Waals surface area (Å²) >= 11 is 0. The molecule has 0 aliphatic rings. The van der Waals surface area contributed by atoms with Gasteiger partial charge in [-0.15, -0.1) is 5.54 Å². The molecule has 0 atom stereocenters. The second kappa shape index (κ2) is 7.62. The summed E-state index contributed by atoms with van der Waals surface area (Å²) in [6.45, 7) is 10.6. The van der Waals surface area contributed by atoms with Gasteiger partial charge in [0.25, 0.3) is 0 Å². The minimum absolute atomic E-state index is 0.0912. The lowest BCUT2D eigenvalue weighted by Crippen LogP contribution is -2.16. The summed E-state index contributed by atoms with van der Waals surface area (Å²) in [5, 5.41) is 0. The SMILES string of the molecule is COc1nc(C(C)C)c(Oc2cnc(N)nc2N)cc1C#C[Si](C)(C)C. The van der Waals surface area contributed by atoms with Crippen LogP contribution >= 0.6 is 0 Å². The summed E-state index contributed by atoms with van der Waals surface area (Å²) in [4.78, 5) is 12.4. The van der Waals surface area contributed by atoms with Gasteiger partial charge in [0.05, 0.1) is 24.6 Å². The van der Waals surface area contributed by atoms with Crippen LogP contribution < -0.4 is 20.9 Å². The van der Waals surface area contributed by atoms with E-state index in [1.165, 1.54) is 6.20 Å². The number of nitrogen functional groups attached to an aromatic ring is 2. The van der Waals surface area contributed by atoms with Gasteiger partial charge in [0.15, 0.2) is 17.3 Å². The Morgan fingerprint density at radius 2 is 1.81 bits per heavy atom. The average molecular weight is 372 g/mol. The number of rotatable bonds is 4. The van der Waals surface area contributed by atoms with E-state index in [0.29, 0.717) is 22.9 Å². The number of nitrogens with zero attached hydrogens (tertiary/aromatic N) is 3. The van der Waals surface area contributed by atoms with Gasteiger partial charge in [0, 0.05) is 6.07 Å². The maximum absolute atomic E-state index is 5.95. The molecular formula is C18H25N5O2Si. The number of anilines is 2. The normalized spacial score (nSPS) is 11.0. The molecular weight excluding hydrogens is 346 g/mol. The molecule has 2 aromatic heterocycles. The number of ether oxygens (including phenoxy) is 2. The van der Waals surface area contributed by atoms with Gasteiger partial charge in [-0.05, 0) is 5.92 Å². The van der Waals surface area contributed by atoms with Crippen molar-refractivity contribution in [2.75, 3.05) is 18.6 Å². The van der Waals surface area contributed by atoms with Gasteiger partial charge in [-0.1, -0.05) is 39.4 Å². The van der Waals surface area contributed by atoms with E-state index in [-0.39, 0.29) is 17.7 Å². The standard InChI is InChI=1S/C18H25N5O2Si/c1-11(2)15-13(25-14-10-21-18(20)23-16(14)19)9-12(17(22-15)24-3)7-8-26(4,5)6/h9-11H,1-6H3,(H4,19,20,21,23). The number of nitrogens with two attached hydrogens (primary N) is 2. The average Bonchev–Trinajstić information content (AvgIpc) is 2.54. The Labute approximate surface area is 155 Å². The fourth-order valence-corrected chi connectivity index (χ4v) is 2.59. The molecule has 8 heteroatoms. The smallest absolute Gasteiger partial charge is 0.229 e. The first-order valence-corrected chi connectivity index (χ1v) is 11.8. The fourth-order valence-electron chi connectivity index (χ4n) is 2.08.